The molecule has 0 aliphatic rings. The topological polar surface area (TPSA) is 52.1 Å². The first-order chi connectivity index (χ1) is 14.2. The van der Waals surface area contributed by atoms with Gasteiger partial charge in [0, 0.05) is 12.0 Å². The summed E-state index contributed by atoms with van der Waals surface area (Å²) in [6, 6.07) is 8.43. The van der Waals surface area contributed by atoms with Crippen molar-refractivity contribution in [3.8, 4) is 17.1 Å². The number of nitrogens with zero attached hydrogens (tertiary/aromatic N) is 2. The minimum atomic E-state index is -0.204. The van der Waals surface area contributed by atoms with Crippen molar-refractivity contribution in [3.05, 3.63) is 42.2 Å². The Morgan fingerprint density at radius 3 is 2.03 bits per heavy atom. The van der Waals surface area contributed by atoms with Crippen LogP contribution in [0.1, 0.15) is 90.0 Å². The van der Waals surface area contributed by atoms with E-state index in [9.17, 15) is 4.79 Å². The SMILES string of the molecule is CCCCCCCCC(=O)Oc1cnc(-c2ccc(CCCCCC)cc2)nc1. The number of hydrogen-bond acceptors (Lipinski definition) is 4. The van der Waals surface area contributed by atoms with Crippen molar-refractivity contribution in [2.75, 3.05) is 0 Å². The molecule has 0 aliphatic heterocycles. The third-order valence-corrected chi connectivity index (χ3v) is 5.13. The zero-order valence-corrected chi connectivity index (χ0v) is 18.2. The van der Waals surface area contributed by atoms with Gasteiger partial charge in [-0.2, -0.15) is 0 Å². The Hall–Kier alpha value is -2.23. The molecule has 0 spiro atoms. The Bertz CT molecular complexity index is 696. The van der Waals surface area contributed by atoms with Crippen LogP contribution >= 0.6 is 0 Å². The number of hydrogen-bond donors (Lipinski definition) is 0. The minimum absolute atomic E-state index is 0.204. The molecule has 0 unspecified atom stereocenters. The Morgan fingerprint density at radius 2 is 1.38 bits per heavy atom. The van der Waals surface area contributed by atoms with E-state index in [0.717, 1.165) is 24.8 Å². The van der Waals surface area contributed by atoms with E-state index in [-0.39, 0.29) is 5.97 Å². The van der Waals surface area contributed by atoms with E-state index in [1.807, 2.05) is 0 Å². The monoisotopic (exact) mass is 396 g/mol. The van der Waals surface area contributed by atoms with Crippen LogP contribution in [0.5, 0.6) is 5.75 Å². The van der Waals surface area contributed by atoms with Gasteiger partial charge < -0.3 is 4.74 Å². The van der Waals surface area contributed by atoms with Gasteiger partial charge in [-0.15, -0.1) is 0 Å². The largest absolute Gasteiger partial charge is 0.423 e. The van der Waals surface area contributed by atoms with Gasteiger partial charge in [0.15, 0.2) is 11.6 Å². The molecule has 1 aromatic heterocycles. The van der Waals surface area contributed by atoms with Gasteiger partial charge in [0.25, 0.3) is 0 Å². The third kappa shape index (κ3) is 9.21. The highest BCUT2D eigenvalue weighted by molar-refractivity contribution is 5.72. The van der Waals surface area contributed by atoms with Crippen LogP contribution in [-0.4, -0.2) is 15.9 Å². The minimum Gasteiger partial charge on any atom is -0.423 e. The molecule has 0 saturated carbocycles. The summed E-state index contributed by atoms with van der Waals surface area (Å²) in [5.41, 5.74) is 2.33. The van der Waals surface area contributed by atoms with Crippen molar-refractivity contribution < 1.29 is 9.53 Å². The lowest BCUT2D eigenvalue weighted by Gasteiger charge is -2.06. The van der Waals surface area contributed by atoms with Crippen molar-refractivity contribution in [3.63, 3.8) is 0 Å². The Morgan fingerprint density at radius 1 is 0.793 bits per heavy atom. The molecule has 0 bridgehead atoms. The number of unbranched alkanes of at least 4 members (excludes halogenated alkanes) is 8. The number of rotatable bonds is 14. The second kappa shape index (κ2) is 13.9. The number of esters is 1. The van der Waals surface area contributed by atoms with E-state index < -0.39 is 0 Å². The summed E-state index contributed by atoms with van der Waals surface area (Å²) in [6.07, 6.45) is 16.8. The highest BCUT2D eigenvalue weighted by Crippen LogP contribution is 2.19. The zero-order valence-electron chi connectivity index (χ0n) is 18.2. The molecule has 1 aromatic carbocycles. The first-order valence-electron chi connectivity index (χ1n) is 11.3. The Balaban J connectivity index is 1.75. The predicted molar refractivity (Wildman–Crippen MR) is 119 cm³/mol. The standard InChI is InChI=1S/C25H36N2O2/c1-3-5-7-9-10-12-14-24(28)29-23-19-26-25(27-20-23)22-17-15-21(16-18-22)13-11-8-6-4-2/h15-20H,3-14H2,1-2H3. The normalized spacial score (nSPS) is 10.8. The average molecular weight is 397 g/mol. The fourth-order valence-corrected chi connectivity index (χ4v) is 3.33. The van der Waals surface area contributed by atoms with Crippen LogP contribution in [0.2, 0.25) is 0 Å². The summed E-state index contributed by atoms with van der Waals surface area (Å²) in [5, 5.41) is 0. The molecule has 1 heterocycles. The molecule has 0 saturated heterocycles. The summed E-state index contributed by atoms with van der Waals surface area (Å²) in [5.74, 6) is 0.861. The van der Waals surface area contributed by atoms with E-state index in [2.05, 4.69) is 48.1 Å². The van der Waals surface area contributed by atoms with Gasteiger partial charge in [0.05, 0.1) is 12.4 Å². The maximum absolute atomic E-state index is 11.9. The number of benzene rings is 1. The number of carbonyl (C=O) groups is 1. The summed E-state index contributed by atoms with van der Waals surface area (Å²) in [4.78, 5) is 20.7. The molecule has 4 nitrogen and oxygen atoms in total. The van der Waals surface area contributed by atoms with E-state index in [0.29, 0.717) is 18.0 Å². The summed E-state index contributed by atoms with van der Waals surface area (Å²) >= 11 is 0. The van der Waals surface area contributed by atoms with Crippen LogP contribution in [0.15, 0.2) is 36.7 Å². The molecular formula is C25H36N2O2. The molecule has 2 aromatic rings. The van der Waals surface area contributed by atoms with Gasteiger partial charge in [0.1, 0.15) is 0 Å². The van der Waals surface area contributed by atoms with E-state index in [4.69, 9.17) is 4.74 Å². The highest BCUT2D eigenvalue weighted by Gasteiger charge is 2.07. The third-order valence-electron chi connectivity index (χ3n) is 5.13. The van der Waals surface area contributed by atoms with Crippen molar-refractivity contribution in [1.82, 2.24) is 9.97 Å². The molecule has 0 amide bonds. The molecule has 0 N–H and O–H groups in total. The molecule has 0 atom stereocenters. The fourth-order valence-electron chi connectivity index (χ4n) is 3.33. The Labute approximate surface area is 176 Å². The van der Waals surface area contributed by atoms with Crippen LogP contribution in [0.3, 0.4) is 0 Å². The molecule has 4 heteroatoms. The number of carbonyl (C=O) groups excluding carboxylic acids is 1. The van der Waals surface area contributed by atoms with Gasteiger partial charge in [-0.25, -0.2) is 9.97 Å². The molecule has 2 rings (SSSR count). The van der Waals surface area contributed by atoms with Crippen molar-refractivity contribution in [1.29, 1.82) is 0 Å². The van der Waals surface area contributed by atoms with Gasteiger partial charge in [-0.3, -0.25) is 4.79 Å². The highest BCUT2D eigenvalue weighted by atomic mass is 16.5. The summed E-state index contributed by atoms with van der Waals surface area (Å²) in [7, 11) is 0. The van der Waals surface area contributed by atoms with Crippen LogP contribution in [0.25, 0.3) is 11.4 Å². The number of aryl methyl sites for hydroxylation is 1. The molecule has 29 heavy (non-hydrogen) atoms. The maximum atomic E-state index is 11.9. The Kier molecular flexibility index (Phi) is 11.0. The second-order valence-electron chi connectivity index (χ2n) is 7.74. The zero-order chi connectivity index (χ0) is 20.7. The lowest BCUT2D eigenvalue weighted by molar-refractivity contribution is -0.134. The van der Waals surface area contributed by atoms with Crippen molar-refractivity contribution in [2.24, 2.45) is 0 Å². The molecule has 0 aliphatic carbocycles. The summed E-state index contributed by atoms with van der Waals surface area (Å²) < 4.78 is 5.35. The first-order valence-corrected chi connectivity index (χ1v) is 11.3. The molecule has 158 valence electrons. The second-order valence-corrected chi connectivity index (χ2v) is 7.74. The number of aromatic nitrogens is 2. The molecular weight excluding hydrogens is 360 g/mol. The van der Waals surface area contributed by atoms with Crippen LogP contribution in [-0.2, 0) is 11.2 Å². The predicted octanol–water partition coefficient (Wildman–Crippen LogP) is 6.92. The average Bonchev–Trinajstić information content (AvgIpc) is 2.75. The van der Waals surface area contributed by atoms with Crippen molar-refractivity contribution in [2.45, 2.75) is 90.9 Å². The quantitative estimate of drug-likeness (QED) is 0.257. The van der Waals surface area contributed by atoms with Gasteiger partial charge >= 0.3 is 5.97 Å². The lowest BCUT2D eigenvalue weighted by Crippen LogP contribution is -2.08. The van der Waals surface area contributed by atoms with E-state index in [1.54, 1.807) is 12.4 Å². The van der Waals surface area contributed by atoms with Crippen molar-refractivity contribution >= 4 is 5.97 Å². The van der Waals surface area contributed by atoms with E-state index in [1.165, 1.54) is 56.9 Å². The first kappa shape index (κ1) is 23.1. The molecule has 0 radical (unpaired) electrons. The van der Waals surface area contributed by atoms with E-state index >= 15 is 0 Å². The fraction of sp³-hybridized carbons (Fsp3) is 0.560. The lowest BCUT2D eigenvalue weighted by atomic mass is 10.0. The van der Waals surface area contributed by atoms with Crippen LogP contribution in [0, 0.1) is 0 Å². The summed E-state index contributed by atoms with van der Waals surface area (Å²) in [6.45, 7) is 4.44. The number of ether oxygens (including phenoxy) is 1. The molecule has 0 fully saturated rings. The van der Waals surface area contributed by atoms with Crippen LogP contribution in [0.4, 0.5) is 0 Å². The van der Waals surface area contributed by atoms with Crippen LogP contribution < -0.4 is 4.74 Å². The van der Waals surface area contributed by atoms with Gasteiger partial charge in [-0.1, -0.05) is 89.5 Å². The van der Waals surface area contributed by atoms with Gasteiger partial charge in [-0.05, 0) is 24.8 Å². The maximum Gasteiger partial charge on any atom is 0.311 e. The van der Waals surface area contributed by atoms with Gasteiger partial charge in [0.2, 0.25) is 0 Å². The smallest absolute Gasteiger partial charge is 0.311 e.